The predicted octanol–water partition coefficient (Wildman–Crippen LogP) is 11.2. The SMILES string of the molecule is C=CCCC[CH2-].C=CCCC[CH2-].[Pt+2].c1ccc(P(c2ccccc2)c2ccccc2)cc1.c1ccc(P(c2ccccc2)c2ccccc2)cc1. The standard InChI is InChI=1S/2C18H15P.2C6H11.Pt/c2*1-4-10-16(11-5-1)19(17-12-6-2-7-13-17)18-14-8-3-9-15-18;2*1-3-5-6-4-2;/h2*1-15H;2*3H,1-2,4-6H2;/q;;2*-1;+2. The molecule has 6 aromatic rings. The summed E-state index contributed by atoms with van der Waals surface area (Å²) in [6.45, 7) is 14.5. The Morgan fingerprint density at radius 3 is 0.647 bits per heavy atom. The van der Waals surface area contributed by atoms with Crippen LogP contribution in [0.15, 0.2) is 207 Å². The van der Waals surface area contributed by atoms with E-state index in [-0.39, 0.29) is 21.1 Å². The van der Waals surface area contributed by atoms with Crippen molar-refractivity contribution in [2.75, 3.05) is 0 Å². The van der Waals surface area contributed by atoms with Gasteiger partial charge in [0.25, 0.3) is 0 Å². The van der Waals surface area contributed by atoms with Crippen molar-refractivity contribution in [1.82, 2.24) is 0 Å². The van der Waals surface area contributed by atoms with E-state index in [4.69, 9.17) is 0 Å². The van der Waals surface area contributed by atoms with Gasteiger partial charge in [-0.25, -0.2) is 0 Å². The summed E-state index contributed by atoms with van der Waals surface area (Å²) in [6.07, 6.45) is 10.5. The maximum Gasteiger partial charge on any atom is 2.00 e. The van der Waals surface area contributed by atoms with Crippen LogP contribution in [0.25, 0.3) is 0 Å². The molecule has 0 heterocycles. The average molecular weight is 886 g/mol. The van der Waals surface area contributed by atoms with Gasteiger partial charge in [-0.15, -0.1) is 13.2 Å². The second-order valence-electron chi connectivity index (χ2n) is 11.3. The van der Waals surface area contributed by atoms with E-state index in [1.807, 2.05) is 12.2 Å². The molecule has 264 valence electrons. The van der Waals surface area contributed by atoms with E-state index >= 15 is 0 Å². The molecule has 0 radical (unpaired) electrons. The molecule has 0 aromatic heterocycles. The van der Waals surface area contributed by atoms with Gasteiger partial charge in [0.2, 0.25) is 0 Å². The average Bonchev–Trinajstić information content (AvgIpc) is 3.20. The molecule has 0 saturated heterocycles. The van der Waals surface area contributed by atoms with Crippen molar-refractivity contribution in [3.63, 3.8) is 0 Å². The fourth-order valence-electron chi connectivity index (χ4n) is 4.93. The Kier molecular flexibility index (Phi) is 23.9. The zero-order valence-electron chi connectivity index (χ0n) is 29.8. The maximum absolute atomic E-state index is 3.68. The van der Waals surface area contributed by atoms with Crippen LogP contribution in [-0.4, -0.2) is 0 Å². The number of hydrogen-bond donors (Lipinski definition) is 0. The molecule has 6 rings (SSSR count). The number of hydrogen-bond acceptors (Lipinski definition) is 0. The second kappa shape index (κ2) is 28.0. The van der Waals surface area contributed by atoms with E-state index in [0.29, 0.717) is 0 Å². The molecule has 0 fully saturated rings. The van der Waals surface area contributed by atoms with Crippen LogP contribution in [0.5, 0.6) is 0 Å². The molecule has 0 bridgehead atoms. The van der Waals surface area contributed by atoms with E-state index in [9.17, 15) is 0 Å². The van der Waals surface area contributed by atoms with Gasteiger partial charge in [-0.2, -0.15) is 12.8 Å². The normalized spacial score (nSPS) is 9.80. The van der Waals surface area contributed by atoms with E-state index in [1.165, 1.54) is 44.7 Å². The van der Waals surface area contributed by atoms with Crippen LogP contribution < -0.4 is 31.8 Å². The van der Waals surface area contributed by atoms with E-state index < -0.39 is 15.8 Å². The van der Waals surface area contributed by atoms with Crippen molar-refractivity contribution in [3.8, 4) is 0 Å². The molecule has 3 heteroatoms. The summed E-state index contributed by atoms with van der Waals surface area (Å²) in [7, 11) is -0.892. The van der Waals surface area contributed by atoms with Crippen molar-refractivity contribution in [3.05, 3.63) is 221 Å². The third kappa shape index (κ3) is 16.5. The van der Waals surface area contributed by atoms with Gasteiger partial charge < -0.3 is 13.8 Å². The number of rotatable bonds is 12. The Labute approximate surface area is 326 Å². The summed E-state index contributed by atoms with van der Waals surface area (Å²) in [5.41, 5.74) is 0. The van der Waals surface area contributed by atoms with Gasteiger partial charge in [0.05, 0.1) is 0 Å². The molecule has 0 unspecified atom stereocenters. The van der Waals surface area contributed by atoms with Gasteiger partial charge in [-0.1, -0.05) is 207 Å². The third-order valence-corrected chi connectivity index (χ3v) is 12.3. The Hall–Kier alpha value is -3.65. The predicted molar refractivity (Wildman–Crippen MR) is 229 cm³/mol. The van der Waals surface area contributed by atoms with Crippen LogP contribution >= 0.6 is 15.8 Å². The largest absolute Gasteiger partial charge is 2.00 e. The molecular formula is C48H52P2Pt. The van der Waals surface area contributed by atoms with Crippen molar-refractivity contribution in [2.45, 2.75) is 38.5 Å². The van der Waals surface area contributed by atoms with E-state index in [1.54, 1.807) is 0 Å². The van der Waals surface area contributed by atoms with Crippen molar-refractivity contribution < 1.29 is 21.1 Å². The second-order valence-corrected chi connectivity index (χ2v) is 15.7. The van der Waals surface area contributed by atoms with Crippen LogP contribution in [0.1, 0.15) is 38.5 Å². The minimum Gasteiger partial charge on any atom is -0.343 e. The number of benzene rings is 6. The molecule has 0 aliphatic rings. The Morgan fingerprint density at radius 1 is 0.353 bits per heavy atom. The van der Waals surface area contributed by atoms with Gasteiger partial charge in [-0.3, -0.25) is 0 Å². The molecule has 0 saturated carbocycles. The zero-order valence-corrected chi connectivity index (χ0v) is 33.8. The monoisotopic (exact) mass is 885 g/mol. The quantitative estimate of drug-likeness (QED) is 0.0497. The van der Waals surface area contributed by atoms with Gasteiger partial charge in [0.1, 0.15) is 0 Å². The molecular weight excluding hydrogens is 834 g/mol. The summed E-state index contributed by atoms with van der Waals surface area (Å²) in [6, 6.07) is 64.7. The smallest absolute Gasteiger partial charge is 0.343 e. The molecule has 0 amide bonds. The molecule has 6 aromatic carbocycles. The van der Waals surface area contributed by atoms with Gasteiger partial charge in [-0.05, 0) is 60.5 Å². The summed E-state index contributed by atoms with van der Waals surface area (Å²) in [4.78, 5) is 0. The number of allylic oxidation sites excluding steroid dienone is 2. The molecule has 0 nitrogen and oxygen atoms in total. The van der Waals surface area contributed by atoms with Crippen LogP contribution in [0.3, 0.4) is 0 Å². The Balaban J connectivity index is 0.000000266. The topological polar surface area (TPSA) is 0 Å². The van der Waals surface area contributed by atoms with Gasteiger partial charge in [0, 0.05) is 0 Å². The third-order valence-electron chi connectivity index (χ3n) is 7.40. The van der Waals surface area contributed by atoms with Gasteiger partial charge >= 0.3 is 21.1 Å². The van der Waals surface area contributed by atoms with Crippen LogP contribution in [0.4, 0.5) is 0 Å². The molecule has 0 atom stereocenters. The first-order valence-electron chi connectivity index (χ1n) is 17.4. The van der Waals surface area contributed by atoms with Crippen molar-refractivity contribution in [2.24, 2.45) is 0 Å². The summed E-state index contributed by atoms with van der Waals surface area (Å²) < 4.78 is 0. The summed E-state index contributed by atoms with van der Waals surface area (Å²) >= 11 is 0. The summed E-state index contributed by atoms with van der Waals surface area (Å²) in [5.74, 6) is 0. The first-order valence-corrected chi connectivity index (χ1v) is 20.1. The first-order chi connectivity index (χ1) is 24.7. The van der Waals surface area contributed by atoms with Gasteiger partial charge in [0.15, 0.2) is 0 Å². The summed E-state index contributed by atoms with van der Waals surface area (Å²) in [5, 5.41) is 8.39. The molecule has 0 N–H and O–H groups in total. The molecule has 0 aliphatic carbocycles. The Bertz CT molecular complexity index is 1360. The minimum atomic E-state index is -0.446. The van der Waals surface area contributed by atoms with Crippen molar-refractivity contribution in [1.29, 1.82) is 0 Å². The fourth-order valence-corrected chi connectivity index (χ4v) is 9.54. The molecule has 0 spiro atoms. The van der Waals surface area contributed by atoms with Crippen LogP contribution in [0.2, 0.25) is 0 Å². The molecule has 51 heavy (non-hydrogen) atoms. The van der Waals surface area contributed by atoms with E-state index in [0.717, 1.165) is 25.7 Å². The van der Waals surface area contributed by atoms with Crippen LogP contribution in [0, 0.1) is 13.8 Å². The first kappa shape index (κ1) is 43.5. The van der Waals surface area contributed by atoms with Crippen molar-refractivity contribution >= 4 is 47.7 Å². The number of unbranched alkanes of at least 4 members (excludes halogenated alkanes) is 4. The fraction of sp³-hybridized carbons (Fsp3) is 0.125. The molecule has 0 aliphatic heterocycles. The minimum absolute atomic E-state index is 0. The zero-order chi connectivity index (χ0) is 35.5. The Morgan fingerprint density at radius 2 is 0.529 bits per heavy atom. The maximum atomic E-state index is 3.68. The van der Waals surface area contributed by atoms with E-state index in [2.05, 4.69) is 209 Å². The van der Waals surface area contributed by atoms with Crippen LogP contribution in [-0.2, 0) is 21.1 Å².